The van der Waals surface area contributed by atoms with E-state index in [9.17, 15) is 15.2 Å². The number of anilines is 1. The first-order chi connectivity index (χ1) is 12.1. The van der Waals surface area contributed by atoms with E-state index in [4.69, 9.17) is 5.11 Å². The Morgan fingerprint density at radius 3 is 2.84 bits per heavy atom. The molecule has 1 fully saturated rings. The van der Waals surface area contributed by atoms with Crippen LogP contribution in [0.15, 0.2) is 42.0 Å². The molecule has 0 aliphatic carbocycles. The Labute approximate surface area is 145 Å². The summed E-state index contributed by atoms with van der Waals surface area (Å²) in [5, 5.41) is 31.9. The Morgan fingerprint density at radius 1 is 1.36 bits per heavy atom. The number of aliphatic hydroxyl groups is 2. The molecular formula is C19H19N3O3. The normalized spacial score (nSPS) is 14.9. The number of rotatable bonds is 6. The number of nitriles is 1. The Morgan fingerprint density at radius 2 is 2.16 bits per heavy atom. The number of benzene rings is 2. The molecule has 1 aliphatic heterocycles. The second-order valence-corrected chi connectivity index (χ2v) is 5.96. The van der Waals surface area contributed by atoms with Crippen molar-refractivity contribution in [2.45, 2.75) is 6.10 Å². The molecule has 1 amide bonds. The predicted octanol–water partition coefficient (Wildman–Crippen LogP) is 1.04. The fourth-order valence-corrected chi connectivity index (χ4v) is 2.62. The molecule has 1 saturated heterocycles. The first-order valence-electron chi connectivity index (χ1n) is 8.09. The SMILES string of the molecule is N#C/C(=C\c1ccc2cccc(N3CC3)c2c1)C(=O)NCC(O)CO. The number of aliphatic hydroxyl groups excluding tert-OH is 2. The van der Waals surface area contributed by atoms with E-state index in [-0.39, 0.29) is 12.1 Å². The lowest BCUT2D eigenvalue weighted by Crippen LogP contribution is -2.34. The number of hydrogen-bond acceptors (Lipinski definition) is 5. The van der Waals surface area contributed by atoms with Crippen LogP contribution in [-0.4, -0.2) is 48.5 Å². The lowest BCUT2D eigenvalue weighted by Gasteiger charge is -2.09. The van der Waals surface area contributed by atoms with Crippen LogP contribution in [0.3, 0.4) is 0 Å². The molecule has 3 N–H and O–H groups in total. The second-order valence-electron chi connectivity index (χ2n) is 5.96. The van der Waals surface area contributed by atoms with Gasteiger partial charge in [0, 0.05) is 30.7 Å². The number of amides is 1. The highest BCUT2D eigenvalue weighted by Gasteiger charge is 2.20. The van der Waals surface area contributed by atoms with Crippen LogP contribution in [0.4, 0.5) is 5.69 Å². The van der Waals surface area contributed by atoms with Crippen LogP contribution < -0.4 is 10.2 Å². The molecule has 0 saturated carbocycles. The molecule has 2 aromatic rings. The topological polar surface area (TPSA) is 96.4 Å². The number of carbonyl (C=O) groups excluding carboxylic acids is 1. The van der Waals surface area contributed by atoms with Gasteiger partial charge in [-0.05, 0) is 29.2 Å². The van der Waals surface area contributed by atoms with Gasteiger partial charge in [0.2, 0.25) is 0 Å². The van der Waals surface area contributed by atoms with Gasteiger partial charge in [-0.3, -0.25) is 4.79 Å². The van der Waals surface area contributed by atoms with Crippen molar-refractivity contribution in [1.29, 1.82) is 5.26 Å². The minimum absolute atomic E-state index is 0.0475. The average molecular weight is 337 g/mol. The Bertz CT molecular complexity index is 866. The van der Waals surface area contributed by atoms with Crippen molar-refractivity contribution in [1.82, 2.24) is 5.32 Å². The van der Waals surface area contributed by atoms with E-state index in [0.717, 1.165) is 35.1 Å². The maximum Gasteiger partial charge on any atom is 0.262 e. The van der Waals surface area contributed by atoms with Gasteiger partial charge in [0.05, 0.1) is 12.7 Å². The Balaban J connectivity index is 1.87. The third kappa shape index (κ3) is 3.97. The van der Waals surface area contributed by atoms with Crippen molar-refractivity contribution < 1.29 is 15.0 Å². The first kappa shape index (κ1) is 17.0. The molecule has 1 heterocycles. The summed E-state index contributed by atoms with van der Waals surface area (Å²) in [6.45, 7) is 1.53. The molecule has 6 nitrogen and oxygen atoms in total. The van der Waals surface area contributed by atoms with E-state index in [1.54, 1.807) is 0 Å². The van der Waals surface area contributed by atoms with Crippen LogP contribution in [0.2, 0.25) is 0 Å². The lowest BCUT2D eigenvalue weighted by atomic mass is 10.0. The molecule has 3 rings (SSSR count). The summed E-state index contributed by atoms with van der Waals surface area (Å²) >= 11 is 0. The van der Waals surface area contributed by atoms with E-state index in [1.165, 1.54) is 6.08 Å². The van der Waals surface area contributed by atoms with Crippen molar-refractivity contribution in [3.63, 3.8) is 0 Å². The van der Waals surface area contributed by atoms with Crippen molar-refractivity contribution in [2.75, 3.05) is 31.1 Å². The summed E-state index contributed by atoms with van der Waals surface area (Å²) in [7, 11) is 0. The molecule has 2 aromatic carbocycles. The molecule has 0 spiro atoms. The van der Waals surface area contributed by atoms with Crippen LogP contribution >= 0.6 is 0 Å². The van der Waals surface area contributed by atoms with E-state index in [2.05, 4.69) is 16.3 Å². The van der Waals surface area contributed by atoms with E-state index in [0.29, 0.717) is 0 Å². The lowest BCUT2D eigenvalue weighted by molar-refractivity contribution is -0.117. The highest BCUT2D eigenvalue weighted by molar-refractivity contribution is 6.03. The quantitative estimate of drug-likeness (QED) is 0.416. The van der Waals surface area contributed by atoms with Crippen LogP contribution in [-0.2, 0) is 4.79 Å². The Hall–Kier alpha value is -2.88. The van der Waals surface area contributed by atoms with Gasteiger partial charge in [0.1, 0.15) is 11.6 Å². The monoisotopic (exact) mass is 337 g/mol. The number of nitrogens with zero attached hydrogens (tertiary/aromatic N) is 2. The smallest absolute Gasteiger partial charge is 0.262 e. The molecule has 1 unspecified atom stereocenters. The van der Waals surface area contributed by atoms with Crippen molar-refractivity contribution in [2.24, 2.45) is 0 Å². The number of nitrogens with one attached hydrogen (secondary N) is 1. The molecule has 1 atom stereocenters. The largest absolute Gasteiger partial charge is 0.394 e. The molecule has 1 aliphatic rings. The Kier molecular flexibility index (Phi) is 4.98. The minimum atomic E-state index is -1.04. The van der Waals surface area contributed by atoms with Crippen molar-refractivity contribution in [3.8, 4) is 6.07 Å². The summed E-state index contributed by atoms with van der Waals surface area (Å²) in [6, 6.07) is 13.8. The summed E-state index contributed by atoms with van der Waals surface area (Å²) in [5.74, 6) is -0.575. The van der Waals surface area contributed by atoms with Gasteiger partial charge < -0.3 is 20.4 Å². The fourth-order valence-electron chi connectivity index (χ4n) is 2.62. The predicted molar refractivity (Wildman–Crippen MR) is 95.9 cm³/mol. The summed E-state index contributed by atoms with van der Waals surface area (Å²) in [5.41, 5.74) is 1.87. The minimum Gasteiger partial charge on any atom is -0.394 e. The van der Waals surface area contributed by atoms with Crippen LogP contribution in [0.5, 0.6) is 0 Å². The van der Waals surface area contributed by atoms with Gasteiger partial charge in [-0.2, -0.15) is 5.26 Å². The van der Waals surface area contributed by atoms with Gasteiger partial charge in [0.15, 0.2) is 0 Å². The zero-order chi connectivity index (χ0) is 17.8. The molecular weight excluding hydrogens is 318 g/mol. The van der Waals surface area contributed by atoms with Gasteiger partial charge in [0.25, 0.3) is 5.91 Å². The van der Waals surface area contributed by atoms with E-state index >= 15 is 0 Å². The average Bonchev–Trinajstić information content (AvgIpc) is 3.48. The molecule has 0 radical (unpaired) electrons. The third-order valence-electron chi connectivity index (χ3n) is 4.06. The number of hydrogen-bond donors (Lipinski definition) is 3. The molecule has 0 aromatic heterocycles. The third-order valence-corrected chi connectivity index (χ3v) is 4.06. The van der Waals surface area contributed by atoms with Gasteiger partial charge in [-0.1, -0.05) is 24.3 Å². The molecule has 128 valence electrons. The van der Waals surface area contributed by atoms with Crippen molar-refractivity contribution in [3.05, 3.63) is 47.5 Å². The number of fused-ring (bicyclic) bond motifs is 1. The van der Waals surface area contributed by atoms with Crippen molar-refractivity contribution >= 4 is 28.4 Å². The summed E-state index contributed by atoms with van der Waals surface area (Å²) < 4.78 is 0. The highest BCUT2D eigenvalue weighted by atomic mass is 16.3. The maximum atomic E-state index is 12.0. The zero-order valence-corrected chi connectivity index (χ0v) is 13.6. The van der Waals surface area contributed by atoms with Crippen LogP contribution in [0, 0.1) is 11.3 Å². The summed E-state index contributed by atoms with van der Waals surface area (Å²) in [6.07, 6.45) is 0.485. The molecule has 0 bridgehead atoms. The van der Waals surface area contributed by atoms with Crippen LogP contribution in [0.1, 0.15) is 5.56 Å². The maximum absolute atomic E-state index is 12.0. The van der Waals surface area contributed by atoms with Crippen LogP contribution in [0.25, 0.3) is 16.8 Å². The summed E-state index contributed by atoms with van der Waals surface area (Å²) in [4.78, 5) is 14.3. The zero-order valence-electron chi connectivity index (χ0n) is 13.6. The molecule has 6 heteroatoms. The van der Waals surface area contributed by atoms with Gasteiger partial charge in [-0.25, -0.2) is 0 Å². The number of carbonyl (C=O) groups is 1. The van der Waals surface area contributed by atoms with Gasteiger partial charge in [-0.15, -0.1) is 0 Å². The standard InChI is InChI=1S/C19H19N3O3/c20-10-15(19(25)21-11-16(24)12-23)8-13-4-5-14-2-1-3-18(17(14)9-13)22-6-7-22/h1-5,8-9,16,23-24H,6-7,11-12H2,(H,21,25)/b15-8+. The van der Waals surface area contributed by atoms with E-state index < -0.39 is 18.6 Å². The second kappa shape index (κ2) is 7.34. The highest BCUT2D eigenvalue weighted by Crippen LogP contribution is 2.31. The van der Waals surface area contributed by atoms with Gasteiger partial charge >= 0.3 is 0 Å². The van der Waals surface area contributed by atoms with E-state index in [1.807, 2.05) is 36.4 Å². The fraction of sp³-hybridized carbons (Fsp3) is 0.263. The molecule has 25 heavy (non-hydrogen) atoms. The first-order valence-corrected chi connectivity index (χ1v) is 8.09.